The van der Waals surface area contributed by atoms with Gasteiger partial charge in [0.05, 0.1) is 6.33 Å². The summed E-state index contributed by atoms with van der Waals surface area (Å²) >= 11 is 0. The summed E-state index contributed by atoms with van der Waals surface area (Å²) < 4.78 is 27.9. The van der Waals surface area contributed by atoms with E-state index in [4.69, 9.17) is 0 Å². The third-order valence-corrected chi connectivity index (χ3v) is 5.33. The van der Waals surface area contributed by atoms with Gasteiger partial charge in [0, 0.05) is 26.3 Å². The van der Waals surface area contributed by atoms with Crippen LogP contribution in [0.25, 0.3) is 0 Å². The highest BCUT2D eigenvalue weighted by Gasteiger charge is 2.30. The molecule has 1 aromatic heterocycles. The van der Waals surface area contributed by atoms with E-state index in [1.807, 2.05) is 0 Å². The molecule has 6 nitrogen and oxygen atoms in total. The summed E-state index contributed by atoms with van der Waals surface area (Å²) in [4.78, 5) is 3.95. The van der Waals surface area contributed by atoms with Crippen molar-refractivity contribution in [3.05, 3.63) is 12.5 Å². The molecule has 2 rings (SSSR count). The zero-order valence-electron chi connectivity index (χ0n) is 11.5. The lowest BCUT2D eigenvalue weighted by molar-refractivity contribution is 0.268. The Morgan fingerprint density at radius 1 is 1.42 bits per heavy atom. The molecule has 1 aliphatic heterocycles. The van der Waals surface area contributed by atoms with Gasteiger partial charge in [0.2, 0.25) is 0 Å². The standard InChI is InChI=1S/C12H22N4O2S/c1-3-13-8-11-4-6-16(7-5-11)19(17,18)12-9-15(2)10-14-12/h9-11,13H,3-8H2,1-2H3. The van der Waals surface area contributed by atoms with Crippen molar-refractivity contribution < 1.29 is 8.42 Å². The number of imidazole rings is 1. The fraction of sp³-hybridized carbons (Fsp3) is 0.750. The molecule has 0 spiro atoms. The van der Waals surface area contributed by atoms with Crippen LogP contribution in [0.2, 0.25) is 0 Å². The van der Waals surface area contributed by atoms with Gasteiger partial charge in [0.15, 0.2) is 5.03 Å². The topological polar surface area (TPSA) is 67.2 Å². The van der Waals surface area contributed by atoms with Crippen LogP contribution in [0.3, 0.4) is 0 Å². The number of nitrogens with one attached hydrogen (secondary N) is 1. The van der Waals surface area contributed by atoms with E-state index in [9.17, 15) is 8.42 Å². The molecule has 2 heterocycles. The van der Waals surface area contributed by atoms with Gasteiger partial charge in [-0.25, -0.2) is 13.4 Å². The van der Waals surface area contributed by atoms with Crippen molar-refractivity contribution in [1.82, 2.24) is 19.2 Å². The van der Waals surface area contributed by atoms with Gasteiger partial charge in [-0.05, 0) is 31.8 Å². The molecule has 0 aliphatic carbocycles. The highest BCUT2D eigenvalue weighted by molar-refractivity contribution is 7.89. The van der Waals surface area contributed by atoms with Crippen molar-refractivity contribution in [2.24, 2.45) is 13.0 Å². The van der Waals surface area contributed by atoms with Gasteiger partial charge >= 0.3 is 0 Å². The molecule has 1 N–H and O–H groups in total. The summed E-state index contributed by atoms with van der Waals surface area (Å²) in [6, 6.07) is 0. The second kappa shape index (κ2) is 6.02. The Bertz CT molecular complexity index is 504. The van der Waals surface area contributed by atoms with Crippen LogP contribution in [0.5, 0.6) is 0 Å². The van der Waals surface area contributed by atoms with Gasteiger partial charge in [-0.1, -0.05) is 6.92 Å². The van der Waals surface area contributed by atoms with Crippen molar-refractivity contribution in [3.63, 3.8) is 0 Å². The van der Waals surface area contributed by atoms with Crippen molar-refractivity contribution in [1.29, 1.82) is 0 Å². The lowest BCUT2D eigenvalue weighted by atomic mass is 9.98. The van der Waals surface area contributed by atoms with E-state index in [1.165, 1.54) is 6.33 Å². The quantitative estimate of drug-likeness (QED) is 0.852. The average molecular weight is 286 g/mol. The smallest absolute Gasteiger partial charge is 0.262 e. The first-order chi connectivity index (χ1) is 9.04. The molecule has 0 saturated carbocycles. The fourth-order valence-electron chi connectivity index (χ4n) is 2.36. The predicted octanol–water partition coefficient (Wildman–Crippen LogP) is 0.430. The Balaban J connectivity index is 1.97. The first-order valence-electron chi connectivity index (χ1n) is 6.73. The van der Waals surface area contributed by atoms with Crippen molar-refractivity contribution in [2.45, 2.75) is 24.8 Å². The summed E-state index contributed by atoms with van der Waals surface area (Å²) in [6.07, 6.45) is 4.91. The van der Waals surface area contributed by atoms with Gasteiger partial charge < -0.3 is 9.88 Å². The minimum absolute atomic E-state index is 0.153. The zero-order valence-corrected chi connectivity index (χ0v) is 12.4. The van der Waals surface area contributed by atoms with Crippen molar-refractivity contribution in [2.75, 3.05) is 26.2 Å². The van der Waals surface area contributed by atoms with E-state index in [-0.39, 0.29) is 5.03 Å². The van der Waals surface area contributed by atoms with E-state index < -0.39 is 10.0 Å². The summed E-state index contributed by atoms with van der Waals surface area (Å²) in [5.74, 6) is 0.579. The average Bonchev–Trinajstić information content (AvgIpc) is 2.84. The van der Waals surface area contributed by atoms with E-state index in [1.54, 1.807) is 22.1 Å². The number of aryl methyl sites for hydroxylation is 1. The third kappa shape index (κ3) is 3.34. The molecule has 7 heteroatoms. The monoisotopic (exact) mass is 286 g/mol. The largest absolute Gasteiger partial charge is 0.339 e. The van der Waals surface area contributed by atoms with Crippen molar-refractivity contribution >= 4 is 10.0 Å². The highest BCUT2D eigenvalue weighted by Crippen LogP contribution is 2.22. The van der Waals surface area contributed by atoms with Crippen LogP contribution in [0.4, 0.5) is 0 Å². The lowest BCUT2D eigenvalue weighted by Crippen LogP contribution is -2.40. The fourth-order valence-corrected chi connectivity index (χ4v) is 3.79. The van der Waals surface area contributed by atoms with Crippen LogP contribution in [0, 0.1) is 5.92 Å². The second-order valence-electron chi connectivity index (χ2n) is 5.03. The Hall–Kier alpha value is -0.920. The molecule has 1 aliphatic rings. The first kappa shape index (κ1) is 14.5. The van der Waals surface area contributed by atoms with Gasteiger partial charge in [-0.3, -0.25) is 0 Å². The number of aromatic nitrogens is 2. The molecule has 0 unspecified atom stereocenters. The van der Waals surface area contributed by atoms with Gasteiger partial charge in [0.25, 0.3) is 10.0 Å². The van der Waals surface area contributed by atoms with Gasteiger partial charge in [-0.15, -0.1) is 0 Å². The number of rotatable bonds is 5. The number of piperidine rings is 1. The van der Waals surface area contributed by atoms with E-state index in [2.05, 4.69) is 17.2 Å². The van der Waals surface area contributed by atoms with Gasteiger partial charge in [0.1, 0.15) is 0 Å². The molecule has 0 atom stereocenters. The molecular formula is C12H22N4O2S. The maximum Gasteiger partial charge on any atom is 0.262 e. The minimum atomic E-state index is -3.40. The summed E-state index contributed by atoms with van der Waals surface area (Å²) in [7, 11) is -1.63. The molecule has 0 amide bonds. The number of nitrogens with zero attached hydrogens (tertiary/aromatic N) is 3. The maximum absolute atomic E-state index is 12.4. The van der Waals surface area contributed by atoms with Crippen LogP contribution in [-0.4, -0.2) is 48.5 Å². The Kier molecular flexibility index (Phi) is 4.59. The Morgan fingerprint density at radius 3 is 2.63 bits per heavy atom. The van der Waals surface area contributed by atoms with E-state index >= 15 is 0 Å². The predicted molar refractivity (Wildman–Crippen MR) is 73.2 cm³/mol. The number of hydrogen-bond acceptors (Lipinski definition) is 4. The SMILES string of the molecule is CCNCC1CCN(S(=O)(=O)c2cn(C)cn2)CC1. The summed E-state index contributed by atoms with van der Waals surface area (Å²) in [5.41, 5.74) is 0. The lowest BCUT2D eigenvalue weighted by Gasteiger charge is -2.30. The Labute approximate surface area is 114 Å². The molecule has 0 aromatic carbocycles. The van der Waals surface area contributed by atoms with E-state index in [0.29, 0.717) is 19.0 Å². The first-order valence-corrected chi connectivity index (χ1v) is 8.17. The Morgan fingerprint density at radius 2 is 2.11 bits per heavy atom. The molecule has 19 heavy (non-hydrogen) atoms. The molecule has 1 aromatic rings. The maximum atomic E-state index is 12.4. The van der Waals surface area contributed by atoms with Crippen LogP contribution >= 0.6 is 0 Å². The third-order valence-electron chi connectivity index (χ3n) is 3.54. The van der Waals surface area contributed by atoms with Crippen molar-refractivity contribution in [3.8, 4) is 0 Å². The zero-order chi connectivity index (χ0) is 13.9. The summed E-state index contributed by atoms with van der Waals surface area (Å²) in [6.45, 7) is 5.21. The number of hydrogen-bond donors (Lipinski definition) is 1. The number of sulfonamides is 1. The molecule has 0 bridgehead atoms. The molecule has 108 valence electrons. The van der Waals surface area contributed by atoms with Crippen LogP contribution in [0.1, 0.15) is 19.8 Å². The molecular weight excluding hydrogens is 264 g/mol. The molecule has 1 saturated heterocycles. The van der Waals surface area contributed by atoms with Crippen LogP contribution < -0.4 is 5.32 Å². The van der Waals surface area contributed by atoms with Crippen LogP contribution in [0.15, 0.2) is 17.6 Å². The highest BCUT2D eigenvalue weighted by atomic mass is 32.2. The van der Waals surface area contributed by atoms with Gasteiger partial charge in [-0.2, -0.15) is 4.31 Å². The van der Waals surface area contributed by atoms with E-state index in [0.717, 1.165) is 25.9 Å². The normalized spacial score (nSPS) is 18.8. The molecule has 0 radical (unpaired) electrons. The second-order valence-corrected chi connectivity index (χ2v) is 6.92. The molecule has 1 fully saturated rings. The summed E-state index contributed by atoms with van der Waals surface area (Å²) in [5, 5.41) is 3.48. The minimum Gasteiger partial charge on any atom is -0.339 e. The van der Waals surface area contributed by atoms with Crippen LogP contribution in [-0.2, 0) is 17.1 Å².